The second kappa shape index (κ2) is 4.53. The number of nitrogens with zero attached hydrogens (tertiary/aromatic N) is 2. The van der Waals surface area contributed by atoms with E-state index in [-0.39, 0.29) is 5.91 Å². The van der Waals surface area contributed by atoms with Crippen LogP contribution in [0.1, 0.15) is 21.6 Å². The summed E-state index contributed by atoms with van der Waals surface area (Å²) in [5, 5.41) is 0. The molecule has 3 nitrogen and oxygen atoms in total. The molecule has 18 heavy (non-hydrogen) atoms. The van der Waals surface area contributed by atoms with Crippen LogP contribution in [-0.2, 0) is 13.1 Å². The zero-order valence-corrected chi connectivity index (χ0v) is 11.2. The minimum absolute atomic E-state index is 0.0421. The van der Waals surface area contributed by atoms with Crippen molar-refractivity contribution in [2.45, 2.75) is 13.1 Å². The van der Waals surface area contributed by atoms with E-state index in [1.165, 1.54) is 0 Å². The Morgan fingerprint density at radius 1 is 1.17 bits per heavy atom. The first-order chi connectivity index (χ1) is 8.75. The van der Waals surface area contributed by atoms with E-state index in [9.17, 15) is 4.79 Å². The number of hydrogen-bond donors (Lipinski definition) is 0. The van der Waals surface area contributed by atoms with Crippen LogP contribution in [0.4, 0.5) is 0 Å². The fraction of sp³-hybridized carbons (Fsp3) is 0.143. The van der Waals surface area contributed by atoms with Gasteiger partial charge in [-0.05, 0) is 39.7 Å². The second-order valence-corrected chi connectivity index (χ2v) is 5.10. The molecule has 0 spiro atoms. The molecule has 0 unspecified atom stereocenters. The first kappa shape index (κ1) is 11.4. The Morgan fingerprint density at radius 3 is 2.78 bits per heavy atom. The number of carbonyl (C=O) groups is 1. The molecule has 1 amide bonds. The van der Waals surface area contributed by atoms with Gasteiger partial charge in [-0.3, -0.25) is 9.78 Å². The quantitative estimate of drug-likeness (QED) is 0.811. The molecule has 1 aromatic carbocycles. The Hall–Kier alpha value is -1.68. The second-order valence-electron chi connectivity index (χ2n) is 4.25. The van der Waals surface area contributed by atoms with E-state index in [2.05, 4.69) is 20.9 Å². The third-order valence-electron chi connectivity index (χ3n) is 3.08. The third kappa shape index (κ3) is 1.93. The summed E-state index contributed by atoms with van der Waals surface area (Å²) in [6.45, 7) is 1.24. The van der Waals surface area contributed by atoms with Crippen LogP contribution in [0.5, 0.6) is 0 Å². The fourth-order valence-electron chi connectivity index (χ4n) is 2.15. The van der Waals surface area contributed by atoms with Gasteiger partial charge in [0.25, 0.3) is 5.91 Å². The van der Waals surface area contributed by atoms with Crippen molar-refractivity contribution in [2.24, 2.45) is 0 Å². The Labute approximate surface area is 114 Å². The lowest BCUT2D eigenvalue weighted by Crippen LogP contribution is -2.25. The van der Waals surface area contributed by atoms with Crippen LogP contribution in [-0.4, -0.2) is 15.8 Å². The van der Waals surface area contributed by atoms with Gasteiger partial charge in [0.15, 0.2) is 0 Å². The van der Waals surface area contributed by atoms with Crippen LogP contribution in [0.15, 0.2) is 47.1 Å². The molecule has 0 saturated heterocycles. The molecule has 0 bridgehead atoms. The molecule has 0 fully saturated rings. The van der Waals surface area contributed by atoms with E-state index < -0.39 is 0 Å². The zero-order chi connectivity index (χ0) is 12.5. The van der Waals surface area contributed by atoms with E-state index in [0.717, 1.165) is 15.7 Å². The van der Waals surface area contributed by atoms with Crippen LogP contribution in [0.25, 0.3) is 0 Å². The zero-order valence-electron chi connectivity index (χ0n) is 9.64. The first-order valence-corrected chi connectivity index (χ1v) is 6.51. The van der Waals surface area contributed by atoms with Crippen molar-refractivity contribution < 1.29 is 4.79 Å². The van der Waals surface area contributed by atoms with E-state index in [1.807, 2.05) is 41.3 Å². The lowest BCUT2D eigenvalue weighted by Gasteiger charge is -2.15. The molecule has 0 radical (unpaired) electrons. The molecule has 0 atom stereocenters. The van der Waals surface area contributed by atoms with Gasteiger partial charge in [0, 0.05) is 17.2 Å². The molecule has 0 N–H and O–H groups in total. The highest BCUT2D eigenvalue weighted by atomic mass is 79.9. The number of carbonyl (C=O) groups excluding carboxylic acids is 1. The third-order valence-corrected chi connectivity index (χ3v) is 3.77. The molecule has 1 aliphatic rings. The maximum Gasteiger partial charge on any atom is 0.255 e. The molecule has 3 rings (SSSR count). The predicted octanol–water partition coefficient (Wildman–Crippen LogP) is 3.00. The van der Waals surface area contributed by atoms with Gasteiger partial charge in [-0.2, -0.15) is 0 Å². The molecule has 0 aliphatic carbocycles. The summed E-state index contributed by atoms with van der Waals surface area (Å²) in [6, 6.07) is 11.4. The van der Waals surface area contributed by atoms with Crippen molar-refractivity contribution in [3.63, 3.8) is 0 Å². The van der Waals surface area contributed by atoms with Crippen molar-refractivity contribution in [2.75, 3.05) is 0 Å². The summed E-state index contributed by atoms with van der Waals surface area (Å²) in [5.74, 6) is 0.0421. The minimum Gasteiger partial charge on any atom is -0.328 e. The standard InChI is InChI=1S/C14H11BrN2O/c15-12-6-2-1-5-11(12)14(18)17-8-10-4-3-7-16-13(10)9-17/h1-7H,8-9H2. The predicted molar refractivity (Wildman–Crippen MR) is 72.0 cm³/mol. The summed E-state index contributed by atoms with van der Waals surface area (Å²) >= 11 is 3.42. The number of aromatic nitrogens is 1. The first-order valence-electron chi connectivity index (χ1n) is 5.72. The monoisotopic (exact) mass is 302 g/mol. The summed E-state index contributed by atoms with van der Waals surface area (Å²) in [4.78, 5) is 18.5. The van der Waals surface area contributed by atoms with Gasteiger partial charge in [0.1, 0.15) is 0 Å². The van der Waals surface area contributed by atoms with Gasteiger partial charge in [0.2, 0.25) is 0 Å². The average Bonchev–Trinajstić information content (AvgIpc) is 2.82. The lowest BCUT2D eigenvalue weighted by atomic mass is 10.2. The number of fused-ring (bicyclic) bond motifs is 1. The van der Waals surface area contributed by atoms with Gasteiger partial charge < -0.3 is 4.90 Å². The number of hydrogen-bond acceptors (Lipinski definition) is 2. The van der Waals surface area contributed by atoms with E-state index >= 15 is 0 Å². The van der Waals surface area contributed by atoms with E-state index in [0.29, 0.717) is 18.7 Å². The maximum atomic E-state index is 12.4. The minimum atomic E-state index is 0.0421. The number of halogens is 1. The Bertz CT molecular complexity index is 587. The molecule has 4 heteroatoms. The van der Waals surface area contributed by atoms with Crippen LogP contribution in [0.3, 0.4) is 0 Å². The van der Waals surface area contributed by atoms with Crippen molar-refractivity contribution in [3.05, 3.63) is 63.9 Å². The number of rotatable bonds is 1. The molecular weight excluding hydrogens is 292 g/mol. The molecule has 2 heterocycles. The van der Waals surface area contributed by atoms with Crippen molar-refractivity contribution >= 4 is 21.8 Å². The summed E-state index contributed by atoms with van der Waals surface area (Å²) in [7, 11) is 0. The molecule has 1 aromatic heterocycles. The molecular formula is C14H11BrN2O. The largest absolute Gasteiger partial charge is 0.328 e. The van der Waals surface area contributed by atoms with Crippen molar-refractivity contribution in [1.29, 1.82) is 0 Å². The molecule has 2 aromatic rings. The maximum absolute atomic E-state index is 12.4. The van der Waals surface area contributed by atoms with Gasteiger partial charge in [0.05, 0.1) is 17.8 Å². The van der Waals surface area contributed by atoms with Gasteiger partial charge in [-0.1, -0.05) is 18.2 Å². The number of pyridine rings is 1. The Morgan fingerprint density at radius 2 is 2.00 bits per heavy atom. The van der Waals surface area contributed by atoms with E-state index in [4.69, 9.17) is 0 Å². The van der Waals surface area contributed by atoms with Crippen LogP contribution in [0.2, 0.25) is 0 Å². The molecule has 0 saturated carbocycles. The summed E-state index contributed by atoms with van der Waals surface area (Å²) in [5.41, 5.74) is 2.83. The molecule has 90 valence electrons. The highest BCUT2D eigenvalue weighted by molar-refractivity contribution is 9.10. The Kier molecular flexibility index (Phi) is 2.88. The fourth-order valence-corrected chi connectivity index (χ4v) is 2.60. The highest BCUT2D eigenvalue weighted by Gasteiger charge is 2.25. The topological polar surface area (TPSA) is 33.2 Å². The number of amides is 1. The number of benzene rings is 1. The Balaban J connectivity index is 1.87. The SMILES string of the molecule is O=C(c1ccccc1Br)N1Cc2cccnc2C1. The van der Waals surface area contributed by atoms with Gasteiger partial charge in [-0.15, -0.1) is 0 Å². The highest BCUT2D eigenvalue weighted by Crippen LogP contribution is 2.24. The van der Waals surface area contributed by atoms with Crippen LogP contribution < -0.4 is 0 Å². The van der Waals surface area contributed by atoms with E-state index in [1.54, 1.807) is 6.20 Å². The van der Waals surface area contributed by atoms with Crippen molar-refractivity contribution in [3.8, 4) is 0 Å². The summed E-state index contributed by atoms with van der Waals surface area (Å²) in [6.07, 6.45) is 1.77. The van der Waals surface area contributed by atoms with Crippen LogP contribution >= 0.6 is 15.9 Å². The summed E-state index contributed by atoms with van der Waals surface area (Å²) < 4.78 is 0.832. The van der Waals surface area contributed by atoms with Gasteiger partial charge >= 0.3 is 0 Å². The smallest absolute Gasteiger partial charge is 0.255 e. The normalized spacial score (nSPS) is 13.5. The van der Waals surface area contributed by atoms with Crippen LogP contribution in [0, 0.1) is 0 Å². The average molecular weight is 303 g/mol. The lowest BCUT2D eigenvalue weighted by molar-refractivity contribution is 0.0749. The van der Waals surface area contributed by atoms with Crippen molar-refractivity contribution in [1.82, 2.24) is 9.88 Å². The molecule has 1 aliphatic heterocycles. The van der Waals surface area contributed by atoms with Gasteiger partial charge in [-0.25, -0.2) is 0 Å².